The molecule has 1 heterocycles. The van der Waals surface area contributed by atoms with Gasteiger partial charge in [0.2, 0.25) is 0 Å². The van der Waals surface area contributed by atoms with Gasteiger partial charge in [-0.15, -0.1) is 5.10 Å². The van der Waals surface area contributed by atoms with Crippen molar-refractivity contribution in [2.75, 3.05) is 0 Å². The number of hydrogen-bond acceptors (Lipinski definition) is 3. The minimum absolute atomic E-state index is 0.325. The summed E-state index contributed by atoms with van der Waals surface area (Å²) in [5.74, 6) is 0. The summed E-state index contributed by atoms with van der Waals surface area (Å²) >= 11 is 6.02. The molecule has 108 valence electrons. The molecule has 0 bridgehead atoms. The molecule has 0 atom stereocenters. The molecule has 0 radical (unpaired) electrons. The Balaban J connectivity index is 2.04. The largest absolute Gasteiger partial charge is 0.239 e. The molecular weight excluding hydrogens is 296 g/mol. The summed E-state index contributed by atoms with van der Waals surface area (Å²) in [6.45, 7) is 2.54. The second-order valence-corrected chi connectivity index (χ2v) is 5.49. The van der Waals surface area contributed by atoms with Gasteiger partial charge in [-0.05, 0) is 24.6 Å². The minimum Gasteiger partial charge on any atom is -0.239 e. The Bertz CT molecular complexity index is 844. The lowest BCUT2D eigenvalue weighted by atomic mass is 10.1. The number of nitriles is 1. The Labute approximate surface area is 133 Å². The Morgan fingerprint density at radius 2 is 1.95 bits per heavy atom. The second kappa shape index (κ2) is 6.00. The van der Waals surface area contributed by atoms with Crippen molar-refractivity contribution in [2.24, 2.45) is 0 Å². The molecule has 0 unspecified atom stereocenters. The van der Waals surface area contributed by atoms with Crippen LogP contribution in [0.3, 0.4) is 0 Å². The number of hydrogen-bond donors (Lipinski definition) is 0. The lowest BCUT2D eigenvalue weighted by Gasteiger charge is -2.07. The summed E-state index contributed by atoms with van der Waals surface area (Å²) in [5.41, 5.74) is 4.15. The normalized spacial score (nSPS) is 10.4. The molecule has 0 saturated heterocycles. The third kappa shape index (κ3) is 2.85. The third-order valence-electron chi connectivity index (χ3n) is 3.39. The maximum atomic E-state index is 9.27. The van der Waals surface area contributed by atoms with Crippen molar-refractivity contribution in [2.45, 2.75) is 13.5 Å². The number of benzene rings is 2. The summed E-state index contributed by atoms with van der Waals surface area (Å²) in [5, 5.41) is 18.0. The van der Waals surface area contributed by atoms with Gasteiger partial charge in [-0.3, -0.25) is 0 Å². The maximum Gasteiger partial charge on any atom is 0.190 e. The van der Waals surface area contributed by atoms with E-state index >= 15 is 0 Å². The van der Waals surface area contributed by atoms with Crippen molar-refractivity contribution in [3.05, 3.63) is 70.4 Å². The van der Waals surface area contributed by atoms with Gasteiger partial charge in [0.05, 0.1) is 6.54 Å². The summed E-state index contributed by atoms with van der Waals surface area (Å²) in [6, 6.07) is 17.6. The standard InChI is InChI=1S/C17H13ClN4/c1-12-5-7-14(8-6-12)17-16(10-19)20-21-22(17)11-13-3-2-4-15(18)9-13/h2-9H,11H2,1H3. The average molecular weight is 309 g/mol. The van der Waals surface area contributed by atoms with E-state index in [-0.39, 0.29) is 0 Å². The molecular formula is C17H13ClN4. The van der Waals surface area contributed by atoms with E-state index in [1.165, 1.54) is 0 Å². The van der Waals surface area contributed by atoms with Gasteiger partial charge in [-0.1, -0.05) is 58.8 Å². The molecule has 4 nitrogen and oxygen atoms in total. The van der Waals surface area contributed by atoms with Crippen LogP contribution in [0.1, 0.15) is 16.8 Å². The molecule has 0 aliphatic rings. The van der Waals surface area contributed by atoms with E-state index in [1.54, 1.807) is 4.68 Å². The SMILES string of the molecule is Cc1ccc(-c2c(C#N)nnn2Cc2cccc(Cl)c2)cc1. The van der Waals surface area contributed by atoms with E-state index in [4.69, 9.17) is 11.6 Å². The summed E-state index contributed by atoms with van der Waals surface area (Å²) < 4.78 is 1.73. The molecule has 0 N–H and O–H groups in total. The van der Waals surface area contributed by atoms with E-state index in [0.717, 1.165) is 22.4 Å². The molecule has 2 aromatic carbocycles. The fraction of sp³-hybridized carbons (Fsp3) is 0.118. The summed E-state index contributed by atoms with van der Waals surface area (Å²) in [6.07, 6.45) is 0. The number of rotatable bonds is 3. The topological polar surface area (TPSA) is 54.5 Å². The van der Waals surface area contributed by atoms with Crippen molar-refractivity contribution in [1.29, 1.82) is 5.26 Å². The predicted molar refractivity (Wildman–Crippen MR) is 85.5 cm³/mol. The van der Waals surface area contributed by atoms with Crippen LogP contribution in [0.4, 0.5) is 0 Å². The summed E-state index contributed by atoms with van der Waals surface area (Å²) in [4.78, 5) is 0. The molecule has 0 fully saturated rings. The molecule has 3 aromatic rings. The maximum absolute atomic E-state index is 9.27. The highest BCUT2D eigenvalue weighted by Gasteiger charge is 2.15. The van der Waals surface area contributed by atoms with E-state index < -0.39 is 0 Å². The quantitative estimate of drug-likeness (QED) is 0.739. The predicted octanol–water partition coefficient (Wildman–Crippen LogP) is 3.83. The Kier molecular flexibility index (Phi) is 3.90. The van der Waals surface area contributed by atoms with Gasteiger partial charge < -0.3 is 0 Å². The highest BCUT2D eigenvalue weighted by Crippen LogP contribution is 2.23. The monoisotopic (exact) mass is 308 g/mol. The Hall–Kier alpha value is -2.64. The zero-order valence-electron chi connectivity index (χ0n) is 12.0. The van der Waals surface area contributed by atoms with Gasteiger partial charge >= 0.3 is 0 Å². The lowest BCUT2D eigenvalue weighted by Crippen LogP contribution is -2.04. The van der Waals surface area contributed by atoms with Crippen molar-refractivity contribution in [1.82, 2.24) is 15.0 Å². The van der Waals surface area contributed by atoms with Crippen LogP contribution in [0, 0.1) is 18.3 Å². The lowest BCUT2D eigenvalue weighted by molar-refractivity contribution is 0.655. The van der Waals surface area contributed by atoms with E-state index in [2.05, 4.69) is 16.4 Å². The van der Waals surface area contributed by atoms with Crippen LogP contribution in [0.2, 0.25) is 5.02 Å². The van der Waals surface area contributed by atoms with Crippen molar-refractivity contribution in [3.63, 3.8) is 0 Å². The smallest absolute Gasteiger partial charge is 0.190 e. The van der Waals surface area contributed by atoms with Crippen LogP contribution in [-0.4, -0.2) is 15.0 Å². The van der Waals surface area contributed by atoms with Crippen LogP contribution >= 0.6 is 11.6 Å². The van der Waals surface area contributed by atoms with Crippen LogP contribution in [0.5, 0.6) is 0 Å². The second-order valence-electron chi connectivity index (χ2n) is 5.05. The minimum atomic E-state index is 0.325. The van der Waals surface area contributed by atoms with Gasteiger partial charge in [-0.25, -0.2) is 4.68 Å². The van der Waals surface area contributed by atoms with Gasteiger partial charge in [0.25, 0.3) is 0 Å². The number of aryl methyl sites for hydroxylation is 1. The highest BCUT2D eigenvalue weighted by atomic mass is 35.5. The molecule has 0 aliphatic carbocycles. The number of halogens is 1. The Morgan fingerprint density at radius 1 is 1.18 bits per heavy atom. The van der Waals surface area contributed by atoms with E-state index in [9.17, 15) is 5.26 Å². The van der Waals surface area contributed by atoms with Crippen molar-refractivity contribution in [3.8, 4) is 17.3 Å². The zero-order valence-corrected chi connectivity index (χ0v) is 12.7. The molecule has 0 saturated carbocycles. The molecule has 0 aliphatic heterocycles. The first kappa shape index (κ1) is 14.3. The number of aromatic nitrogens is 3. The van der Waals surface area contributed by atoms with Gasteiger partial charge in [0.15, 0.2) is 5.69 Å². The van der Waals surface area contributed by atoms with Gasteiger partial charge in [0, 0.05) is 10.6 Å². The van der Waals surface area contributed by atoms with Crippen LogP contribution in [0.25, 0.3) is 11.3 Å². The number of nitrogens with zero attached hydrogens (tertiary/aromatic N) is 4. The first-order valence-corrected chi connectivity index (χ1v) is 7.20. The van der Waals surface area contributed by atoms with Crippen LogP contribution < -0.4 is 0 Å². The average Bonchev–Trinajstić information content (AvgIpc) is 2.91. The molecule has 0 amide bonds. The third-order valence-corrected chi connectivity index (χ3v) is 3.62. The fourth-order valence-corrected chi connectivity index (χ4v) is 2.52. The molecule has 5 heteroatoms. The first-order valence-electron chi connectivity index (χ1n) is 6.82. The van der Waals surface area contributed by atoms with E-state index in [0.29, 0.717) is 17.3 Å². The zero-order chi connectivity index (χ0) is 15.5. The molecule has 22 heavy (non-hydrogen) atoms. The summed E-state index contributed by atoms with van der Waals surface area (Å²) in [7, 11) is 0. The fourth-order valence-electron chi connectivity index (χ4n) is 2.30. The Morgan fingerprint density at radius 3 is 2.64 bits per heavy atom. The van der Waals surface area contributed by atoms with Gasteiger partial charge in [0.1, 0.15) is 11.8 Å². The van der Waals surface area contributed by atoms with Crippen molar-refractivity contribution >= 4 is 11.6 Å². The highest BCUT2D eigenvalue weighted by molar-refractivity contribution is 6.30. The first-order chi connectivity index (χ1) is 10.7. The van der Waals surface area contributed by atoms with Crippen molar-refractivity contribution < 1.29 is 0 Å². The van der Waals surface area contributed by atoms with Gasteiger partial charge in [-0.2, -0.15) is 5.26 Å². The molecule has 3 rings (SSSR count). The molecule has 1 aromatic heterocycles. The molecule has 0 spiro atoms. The van der Waals surface area contributed by atoms with Crippen LogP contribution in [0.15, 0.2) is 48.5 Å². The van der Waals surface area contributed by atoms with E-state index in [1.807, 2.05) is 55.5 Å². The van der Waals surface area contributed by atoms with Crippen LogP contribution in [-0.2, 0) is 6.54 Å².